The molecule has 0 bridgehead atoms. The zero-order valence-electron chi connectivity index (χ0n) is 9.25. The van der Waals surface area contributed by atoms with Crippen LogP contribution >= 0.6 is 0 Å². The fraction of sp³-hybridized carbons (Fsp3) is 0.308. The topological polar surface area (TPSA) is 23.9 Å². The number of hydrogen-bond donors (Lipinski definition) is 1. The third kappa shape index (κ3) is 4.61. The Bertz CT molecular complexity index is 273. The van der Waals surface area contributed by atoms with Gasteiger partial charge < -0.3 is 5.41 Å². The van der Waals surface area contributed by atoms with Gasteiger partial charge in [-0.05, 0) is 18.1 Å². The summed E-state index contributed by atoms with van der Waals surface area (Å²) in [5, 5.41) is 7.10. The summed E-state index contributed by atoms with van der Waals surface area (Å²) >= 11 is 0. The van der Waals surface area contributed by atoms with Crippen LogP contribution in [-0.2, 0) is 0 Å². The third-order valence-electron chi connectivity index (χ3n) is 1.57. The zero-order chi connectivity index (χ0) is 10.8. The maximum absolute atomic E-state index is 7.10. The summed E-state index contributed by atoms with van der Waals surface area (Å²) in [6, 6.07) is 9.92. The monoisotopic (exact) mass is 189 g/mol. The molecule has 14 heavy (non-hydrogen) atoms. The van der Waals surface area contributed by atoms with Crippen molar-refractivity contribution in [2.75, 3.05) is 0 Å². The third-order valence-corrected chi connectivity index (χ3v) is 1.57. The van der Waals surface area contributed by atoms with Crippen LogP contribution in [0.3, 0.4) is 0 Å². The molecule has 1 nitrogen and oxygen atoms in total. The van der Waals surface area contributed by atoms with Crippen LogP contribution in [-0.4, -0.2) is 6.21 Å². The Morgan fingerprint density at radius 1 is 1.21 bits per heavy atom. The minimum atomic E-state index is 0.964. The van der Waals surface area contributed by atoms with Crippen LogP contribution in [0.1, 0.15) is 32.8 Å². The molecule has 0 amide bonds. The number of rotatable bonds is 2. The molecule has 0 unspecified atom stereocenters. The van der Waals surface area contributed by atoms with E-state index in [1.54, 1.807) is 0 Å². The molecule has 0 fully saturated rings. The minimum absolute atomic E-state index is 0.964. The minimum Gasteiger partial charge on any atom is -0.308 e. The second-order valence-electron chi connectivity index (χ2n) is 2.96. The van der Waals surface area contributed by atoms with E-state index in [4.69, 9.17) is 5.41 Å². The van der Waals surface area contributed by atoms with Gasteiger partial charge in [-0.2, -0.15) is 0 Å². The first kappa shape index (κ1) is 12.6. The Hall–Kier alpha value is -1.37. The summed E-state index contributed by atoms with van der Waals surface area (Å²) in [6.45, 7) is 6.19. The second kappa shape index (κ2) is 8.24. The molecule has 0 spiro atoms. The van der Waals surface area contributed by atoms with Crippen LogP contribution in [0.25, 0.3) is 5.57 Å². The molecule has 0 atom stereocenters. The summed E-state index contributed by atoms with van der Waals surface area (Å²) < 4.78 is 0. The smallest absolute Gasteiger partial charge is 0.0253 e. The Kier molecular flexibility index (Phi) is 7.43. The average molecular weight is 189 g/mol. The maximum atomic E-state index is 7.10. The summed E-state index contributed by atoms with van der Waals surface area (Å²) in [7, 11) is 0. The summed E-state index contributed by atoms with van der Waals surface area (Å²) in [5.74, 6) is 0. The van der Waals surface area contributed by atoms with Gasteiger partial charge in [-0.15, -0.1) is 0 Å². The van der Waals surface area contributed by atoms with E-state index in [0.717, 1.165) is 11.1 Å². The number of allylic oxidation sites excluding steroid dienone is 2. The van der Waals surface area contributed by atoms with Crippen LogP contribution in [0.5, 0.6) is 0 Å². The Morgan fingerprint density at radius 3 is 2.07 bits per heavy atom. The van der Waals surface area contributed by atoms with Gasteiger partial charge in [0.05, 0.1) is 0 Å². The lowest BCUT2D eigenvalue weighted by Gasteiger charge is -1.97. The first-order valence-electron chi connectivity index (χ1n) is 5.02. The van der Waals surface area contributed by atoms with Gasteiger partial charge >= 0.3 is 0 Å². The molecule has 1 aromatic rings. The highest BCUT2D eigenvalue weighted by Gasteiger charge is 1.92. The van der Waals surface area contributed by atoms with E-state index >= 15 is 0 Å². The lowest BCUT2D eigenvalue weighted by atomic mass is 10.1. The van der Waals surface area contributed by atoms with Crippen molar-refractivity contribution in [1.29, 1.82) is 5.41 Å². The molecular formula is C13H19N. The molecule has 1 N–H and O–H groups in total. The fourth-order valence-electron chi connectivity index (χ4n) is 0.964. The van der Waals surface area contributed by atoms with Crippen molar-refractivity contribution in [1.82, 2.24) is 0 Å². The van der Waals surface area contributed by atoms with Gasteiger partial charge in [0.2, 0.25) is 0 Å². The van der Waals surface area contributed by atoms with Crippen LogP contribution in [0, 0.1) is 5.41 Å². The van der Waals surface area contributed by atoms with E-state index in [0.29, 0.717) is 0 Å². The van der Waals surface area contributed by atoms with E-state index in [9.17, 15) is 0 Å². The van der Waals surface area contributed by atoms with Crippen LogP contribution < -0.4 is 0 Å². The molecule has 0 aliphatic carbocycles. The largest absolute Gasteiger partial charge is 0.308 e. The first-order chi connectivity index (χ1) is 6.79. The van der Waals surface area contributed by atoms with Crippen LogP contribution in [0.2, 0.25) is 0 Å². The predicted molar refractivity (Wildman–Crippen MR) is 64.8 cm³/mol. The van der Waals surface area contributed by atoms with E-state index in [1.165, 1.54) is 12.6 Å². The number of hydrogen-bond acceptors (Lipinski definition) is 1. The first-order valence-corrected chi connectivity index (χ1v) is 5.02. The van der Waals surface area contributed by atoms with Gasteiger partial charge in [0.15, 0.2) is 0 Å². The van der Waals surface area contributed by atoms with Crippen molar-refractivity contribution in [3.8, 4) is 0 Å². The second-order valence-corrected chi connectivity index (χ2v) is 2.96. The molecule has 0 aliphatic heterocycles. The van der Waals surface area contributed by atoms with Gasteiger partial charge in [0, 0.05) is 6.21 Å². The summed E-state index contributed by atoms with van der Waals surface area (Å²) in [5.41, 5.74) is 2.07. The van der Waals surface area contributed by atoms with Crippen molar-refractivity contribution in [2.24, 2.45) is 0 Å². The molecular weight excluding hydrogens is 170 g/mol. The molecule has 1 rings (SSSR count). The predicted octanol–water partition coefficient (Wildman–Crippen LogP) is 4.16. The van der Waals surface area contributed by atoms with Gasteiger partial charge in [-0.3, -0.25) is 0 Å². The normalized spacial score (nSPS) is 10.1. The molecule has 0 saturated heterocycles. The molecule has 0 radical (unpaired) electrons. The van der Waals surface area contributed by atoms with Crippen molar-refractivity contribution in [3.05, 3.63) is 42.0 Å². The molecule has 0 aliphatic rings. The van der Waals surface area contributed by atoms with Crippen molar-refractivity contribution >= 4 is 11.8 Å². The van der Waals surface area contributed by atoms with Crippen molar-refractivity contribution in [3.63, 3.8) is 0 Å². The summed E-state index contributed by atoms with van der Waals surface area (Å²) in [6.07, 6.45) is 4.55. The van der Waals surface area contributed by atoms with E-state index < -0.39 is 0 Å². The molecule has 1 heteroatoms. The average Bonchev–Trinajstić information content (AvgIpc) is 2.22. The summed E-state index contributed by atoms with van der Waals surface area (Å²) in [4.78, 5) is 0. The highest BCUT2D eigenvalue weighted by atomic mass is 14.3. The SMILES string of the molecule is C/C=C(\C=N)c1ccccc1.CCC. The van der Waals surface area contributed by atoms with Crippen molar-refractivity contribution < 1.29 is 0 Å². The molecule has 0 aromatic heterocycles. The lowest BCUT2D eigenvalue weighted by Crippen LogP contribution is -1.82. The Labute approximate surface area is 87.0 Å². The standard InChI is InChI=1S/C10H11N.C3H8/c1-2-9(8-11)10-6-4-3-5-7-10;1-3-2/h2-8,11H,1H3;3H2,1-2H3/b9-2+,11-8?;. The molecule has 0 heterocycles. The Morgan fingerprint density at radius 2 is 1.71 bits per heavy atom. The van der Waals surface area contributed by atoms with E-state index in [-0.39, 0.29) is 0 Å². The van der Waals surface area contributed by atoms with Gasteiger partial charge in [-0.1, -0.05) is 56.7 Å². The number of benzene rings is 1. The van der Waals surface area contributed by atoms with Crippen LogP contribution in [0.4, 0.5) is 0 Å². The molecule has 1 aromatic carbocycles. The molecule has 0 saturated carbocycles. The highest BCUT2D eigenvalue weighted by Crippen LogP contribution is 2.10. The van der Waals surface area contributed by atoms with Crippen molar-refractivity contribution in [2.45, 2.75) is 27.2 Å². The highest BCUT2D eigenvalue weighted by molar-refractivity contribution is 6.08. The maximum Gasteiger partial charge on any atom is 0.0253 e. The van der Waals surface area contributed by atoms with Gasteiger partial charge in [0.25, 0.3) is 0 Å². The van der Waals surface area contributed by atoms with E-state index in [1.807, 2.05) is 43.3 Å². The Balaban J connectivity index is 0.000000500. The van der Waals surface area contributed by atoms with Gasteiger partial charge in [-0.25, -0.2) is 0 Å². The fourth-order valence-corrected chi connectivity index (χ4v) is 0.964. The van der Waals surface area contributed by atoms with E-state index in [2.05, 4.69) is 13.8 Å². The van der Waals surface area contributed by atoms with Gasteiger partial charge in [0.1, 0.15) is 0 Å². The quantitative estimate of drug-likeness (QED) is 0.676. The zero-order valence-corrected chi connectivity index (χ0v) is 9.25. The number of nitrogens with one attached hydrogen (secondary N) is 1. The van der Waals surface area contributed by atoms with Crippen LogP contribution in [0.15, 0.2) is 36.4 Å². The lowest BCUT2D eigenvalue weighted by molar-refractivity contribution is 1.09. The molecule has 76 valence electrons.